The summed E-state index contributed by atoms with van der Waals surface area (Å²) in [6.45, 7) is 5.10. The van der Waals surface area contributed by atoms with Crippen molar-refractivity contribution in [3.63, 3.8) is 0 Å². The molecular formula is C12H16BrN3O2. The first-order valence-corrected chi connectivity index (χ1v) is 6.69. The molecule has 0 amide bonds. The van der Waals surface area contributed by atoms with Gasteiger partial charge in [0.15, 0.2) is 0 Å². The van der Waals surface area contributed by atoms with Crippen molar-refractivity contribution in [2.24, 2.45) is 0 Å². The Labute approximate surface area is 115 Å². The predicted molar refractivity (Wildman–Crippen MR) is 73.6 cm³/mol. The van der Waals surface area contributed by atoms with Crippen LogP contribution in [0.25, 0.3) is 0 Å². The van der Waals surface area contributed by atoms with Crippen molar-refractivity contribution in [3.8, 4) is 0 Å². The fourth-order valence-electron chi connectivity index (χ4n) is 2.06. The summed E-state index contributed by atoms with van der Waals surface area (Å²) in [5.74, 6) is 0. The maximum Gasteiger partial charge on any atom is 0.283 e. The molecule has 1 aliphatic heterocycles. The molecule has 0 saturated carbocycles. The number of nitro groups is 1. The third kappa shape index (κ3) is 3.28. The number of likely N-dealkylation sites (N-methyl/N-ethyl adjacent to an activating group) is 1. The Morgan fingerprint density at radius 2 is 2.00 bits per heavy atom. The Bertz CT molecular complexity index is 445. The lowest BCUT2D eigenvalue weighted by molar-refractivity contribution is -0.385. The number of benzene rings is 1. The minimum Gasteiger partial charge on any atom is -0.304 e. The topological polar surface area (TPSA) is 49.6 Å². The Morgan fingerprint density at radius 3 is 2.56 bits per heavy atom. The summed E-state index contributed by atoms with van der Waals surface area (Å²) >= 11 is 3.25. The number of hydrogen-bond donors (Lipinski definition) is 0. The molecule has 0 spiro atoms. The molecular weight excluding hydrogens is 298 g/mol. The molecule has 1 aromatic rings. The van der Waals surface area contributed by atoms with Crippen LogP contribution in [0.3, 0.4) is 0 Å². The van der Waals surface area contributed by atoms with E-state index in [2.05, 4.69) is 32.8 Å². The SMILES string of the molecule is CN1CCN(Cc2ccc([N+](=O)[O-])c(Br)c2)CC1. The van der Waals surface area contributed by atoms with Gasteiger partial charge in [-0.25, -0.2) is 0 Å². The van der Waals surface area contributed by atoms with Crippen molar-refractivity contribution in [1.29, 1.82) is 0 Å². The number of hydrogen-bond acceptors (Lipinski definition) is 4. The van der Waals surface area contributed by atoms with Gasteiger partial charge in [0.2, 0.25) is 0 Å². The molecule has 1 fully saturated rings. The lowest BCUT2D eigenvalue weighted by Crippen LogP contribution is -2.43. The summed E-state index contributed by atoms with van der Waals surface area (Å²) in [6, 6.07) is 5.24. The summed E-state index contributed by atoms with van der Waals surface area (Å²) in [4.78, 5) is 15.0. The maximum atomic E-state index is 10.7. The largest absolute Gasteiger partial charge is 0.304 e. The Kier molecular flexibility index (Phi) is 4.31. The van der Waals surface area contributed by atoms with Crippen LogP contribution in [0.4, 0.5) is 5.69 Å². The van der Waals surface area contributed by atoms with Gasteiger partial charge in [-0.2, -0.15) is 0 Å². The van der Waals surface area contributed by atoms with Crippen LogP contribution in [0.15, 0.2) is 22.7 Å². The molecule has 2 rings (SSSR count). The average Bonchev–Trinajstić information content (AvgIpc) is 2.32. The fraction of sp³-hybridized carbons (Fsp3) is 0.500. The standard InChI is InChI=1S/C12H16BrN3O2/c1-14-4-6-15(7-5-14)9-10-2-3-12(16(17)18)11(13)8-10/h2-3,8H,4-7,9H2,1H3. The molecule has 6 heteroatoms. The molecule has 5 nitrogen and oxygen atoms in total. The van der Waals surface area contributed by atoms with Gasteiger partial charge in [-0.15, -0.1) is 0 Å². The van der Waals surface area contributed by atoms with E-state index >= 15 is 0 Å². The zero-order valence-corrected chi connectivity index (χ0v) is 11.9. The van der Waals surface area contributed by atoms with Gasteiger partial charge in [-0.3, -0.25) is 15.0 Å². The highest BCUT2D eigenvalue weighted by Crippen LogP contribution is 2.26. The summed E-state index contributed by atoms with van der Waals surface area (Å²) in [5.41, 5.74) is 1.23. The highest BCUT2D eigenvalue weighted by atomic mass is 79.9. The van der Waals surface area contributed by atoms with Crippen molar-refractivity contribution in [2.75, 3.05) is 33.2 Å². The van der Waals surface area contributed by atoms with Gasteiger partial charge >= 0.3 is 0 Å². The predicted octanol–water partition coefficient (Wildman–Crippen LogP) is 2.10. The molecule has 0 aromatic heterocycles. The molecule has 0 radical (unpaired) electrons. The number of rotatable bonds is 3. The van der Waals surface area contributed by atoms with Gasteiger partial charge < -0.3 is 4.90 Å². The zero-order chi connectivity index (χ0) is 13.1. The highest BCUT2D eigenvalue weighted by molar-refractivity contribution is 9.10. The number of nitrogens with zero attached hydrogens (tertiary/aromatic N) is 3. The van der Waals surface area contributed by atoms with E-state index in [1.807, 2.05) is 12.1 Å². The summed E-state index contributed by atoms with van der Waals surface area (Å²) in [5, 5.41) is 10.7. The lowest BCUT2D eigenvalue weighted by Gasteiger charge is -2.32. The first-order valence-electron chi connectivity index (χ1n) is 5.90. The van der Waals surface area contributed by atoms with Crippen LogP contribution in [0, 0.1) is 10.1 Å². The van der Waals surface area contributed by atoms with E-state index in [1.54, 1.807) is 6.07 Å². The molecule has 1 aliphatic rings. The molecule has 0 aliphatic carbocycles. The number of halogens is 1. The van der Waals surface area contributed by atoms with Crippen molar-refractivity contribution >= 4 is 21.6 Å². The minimum atomic E-state index is -0.371. The van der Waals surface area contributed by atoms with Crippen LogP contribution in [0.5, 0.6) is 0 Å². The summed E-state index contributed by atoms with van der Waals surface area (Å²) < 4.78 is 0.555. The third-order valence-electron chi connectivity index (χ3n) is 3.21. The van der Waals surface area contributed by atoms with Gasteiger partial charge in [-0.1, -0.05) is 6.07 Å². The second kappa shape index (κ2) is 5.77. The van der Waals surface area contributed by atoms with E-state index in [9.17, 15) is 10.1 Å². The van der Waals surface area contributed by atoms with Gasteiger partial charge in [0.25, 0.3) is 5.69 Å². The van der Waals surface area contributed by atoms with E-state index in [0.717, 1.165) is 38.3 Å². The monoisotopic (exact) mass is 313 g/mol. The molecule has 0 unspecified atom stereocenters. The van der Waals surface area contributed by atoms with Crippen LogP contribution in [-0.2, 0) is 6.54 Å². The van der Waals surface area contributed by atoms with Gasteiger partial charge in [-0.05, 0) is 34.6 Å². The lowest BCUT2D eigenvalue weighted by atomic mass is 10.2. The van der Waals surface area contributed by atoms with E-state index < -0.39 is 0 Å². The van der Waals surface area contributed by atoms with Crippen molar-refractivity contribution in [1.82, 2.24) is 9.80 Å². The normalized spacial score (nSPS) is 17.9. The van der Waals surface area contributed by atoms with E-state index in [4.69, 9.17) is 0 Å². The number of nitro benzene ring substituents is 1. The van der Waals surface area contributed by atoms with Gasteiger partial charge in [0, 0.05) is 38.8 Å². The molecule has 98 valence electrons. The minimum absolute atomic E-state index is 0.122. The van der Waals surface area contributed by atoms with Crippen molar-refractivity contribution in [3.05, 3.63) is 38.3 Å². The summed E-state index contributed by atoms with van der Waals surface area (Å²) in [6.07, 6.45) is 0. The second-order valence-electron chi connectivity index (χ2n) is 4.62. The van der Waals surface area contributed by atoms with Gasteiger partial charge in [0.05, 0.1) is 9.40 Å². The fourth-order valence-corrected chi connectivity index (χ4v) is 2.63. The first kappa shape index (κ1) is 13.5. The van der Waals surface area contributed by atoms with E-state index in [1.165, 1.54) is 0 Å². The Morgan fingerprint density at radius 1 is 1.33 bits per heavy atom. The van der Waals surface area contributed by atoms with E-state index in [0.29, 0.717) is 4.47 Å². The molecule has 0 bridgehead atoms. The summed E-state index contributed by atoms with van der Waals surface area (Å²) in [7, 11) is 2.12. The quantitative estimate of drug-likeness (QED) is 0.633. The Balaban J connectivity index is 2.02. The molecule has 1 saturated heterocycles. The first-order chi connectivity index (χ1) is 8.56. The van der Waals surface area contributed by atoms with Crippen LogP contribution in [-0.4, -0.2) is 47.9 Å². The van der Waals surface area contributed by atoms with Crippen LogP contribution in [0.2, 0.25) is 0 Å². The van der Waals surface area contributed by atoms with Gasteiger partial charge in [0.1, 0.15) is 0 Å². The highest BCUT2D eigenvalue weighted by Gasteiger charge is 2.16. The third-order valence-corrected chi connectivity index (χ3v) is 3.85. The smallest absolute Gasteiger partial charge is 0.283 e. The van der Waals surface area contributed by atoms with E-state index in [-0.39, 0.29) is 10.6 Å². The van der Waals surface area contributed by atoms with Crippen LogP contribution < -0.4 is 0 Å². The van der Waals surface area contributed by atoms with Crippen LogP contribution in [0.1, 0.15) is 5.56 Å². The maximum absolute atomic E-state index is 10.7. The van der Waals surface area contributed by atoms with Crippen molar-refractivity contribution in [2.45, 2.75) is 6.54 Å². The van der Waals surface area contributed by atoms with Crippen LogP contribution >= 0.6 is 15.9 Å². The Hall–Kier alpha value is -0.980. The number of piperazine rings is 1. The zero-order valence-electron chi connectivity index (χ0n) is 10.3. The molecule has 1 aromatic carbocycles. The second-order valence-corrected chi connectivity index (χ2v) is 5.48. The average molecular weight is 314 g/mol. The molecule has 1 heterocycles. The molecule has 0 atom stereocenters. The molecule has 0 N–H and O–H groups in total. The van der Waals surface area contributed by atoms with Crippen molar-refractivity contribution < 1.29 is 4.92 Å². The molecule has 18 heavy (non-hydrogen) atoms.